The van der Waals surface area contributed by atoms with Gasteiger partial charge in [0.15, 0.2) is 5.43 Å². The smallest absolute Gasteiger partial charge is 0.259 e. The Kier molecular flexibility index (Phi) is 3.85. The number of furan rings is 1. The fraction of sp³-hybridized carbons (Fsp3) is 0.0500. The van der Waals surface area contributed by atoms with Gasteiger partial charge in [0, 0.05) is 35.5 Å². The predicted octanol–water partition coefficient (Wildman–Crippen LogP) is 3.27. The Hall–Kier alpha value is -3.67. The lowest BCUT2D eigenvalue weighted by Crippen LogP contribution is -2.34. The molecule has 0 bridgehead atoms. The average Bonchev–Trinajstić information content (AvgIpc) is 3.07. The fourth-order valence-corrected chi connectivity index (χ4v) is 2.86. The molecule has 128 valence electrons. The Morgan fingerprint density at radius 2 is 1.81 bits per heavy atom. The number of hydrogen-bond acceptors (Lipinski definition) is 4. The van der Waals surface area contributed by atoms with Crippen molar-refractivity contribution in [3.05, 3.63) is 82.8 Å². The van der Waals surface area contributed by atoms with Crippen molar-refractivity contribution in [1.29, 1.82) is 0 Å². The van der Waals surface area contributed by atoms with Gasteiger partial charge in [-0.2, -0.15) is 5.10 Å². The first-order valence-corrected chi connectivity index (χ1v) is 8.07. The van der Waals surface area contributed by atoms with Crippen LogP contribution in [0.4, 0.5) is 0 Å². The molecule has 0 N–H and O–H groups in total. The highest BCUT2D eigenvalue weighted by Crippen LogP contribution is 2.19. The monoisotopic (exact) mass is 345 g/mol. The Morgan fingerprint density at radius 3 is 2.62 bits per heavy atom. The minimum atomic E-state index is -0.289. The topological polar surface area (TPSA) is 67.8 Å². The van der Waals surface area contributed by atoms with Crippen molar-refractivity contribution in [2.24, 2.45) is 5.10 Å². The van der Waals surface area contributed by atoms with Gasteiger partial charge in [0.25, 0.3) is 5.91 Å². The predicted molar refractivity (Wildman–Crippen MR) is 101 cm³/mol. The number of benzene rings is 2. The Balaban J connectivity index is 1.81. The number of fused-ring (bicyclic) bond motifs is 2. The summed E-state index contributed by atoms with van der Waals surface area (Å²) in [6.07, 6.45) is 4.70. The molecule has 0 aliphatic heterocycles. The second-order valence-corrected chi connectivity index (χ2v) is 5.78. The third kappa shape index (κ3) is 2.67. The van der Waals surface area contributed by atoms with E-state index >= 15 is 0 Å². The number of hydrazone groups is 1. The number of pyridine rings is 1. The highest BCUT2D eigenvalue weighted by atomic mass is 16.3. The van der Waals surface area contributed by atoms with E-state index in [1.165, 1.54) is 24.3 Å². The molecule has 0 radical (unpaired) electrons. The zero-order valence-corrected chi connectivity index (χ0v) is 14.0. The number of aromatic nitrogens is 1. The van der Waals surface area contributed by atoms with Crippen LogP contribution < -0.4 is 10.5 Å². The lowest BCUT2D eigenvalue weighted by atomic mass is 10.2. The number of nitrogens with zero attached hydrogens (tertiary/aromatic N) is 3. The van der Waals surface area contributed by atoms with Gasteiger partial charge in [-0.15, -0.1) is 5.12 Å². The van der Waals surface area contributed by atoms with Gasteiger partial charge >= 0.3 is 0 Å². The van der Waals surface area contributed by atoms with Crippen LogP contribution in [-0.4, -0.2) is 16.8 Å². The van der Waals surface area contributed by atoms with Crippen LogP contribution in [0, 0.1) is 0 Å². The van der Waals surface area contributed by atoms with Crippen LogP contribution in [-0.2, 0) is 4.79 Å². The van der Waals surface area contributed by atoms with Crippen LogP contribution in [0.3, 0.4) is 0 Å². The van der Waals surface area contributed by atoms with Crippen LogP contribution in [0.15, 0.2) is 81.4 Å². The molecule has 0 saturated heterocycles. The van der Waals surface area contributed by atoms with E-state index in [1.807, 2.05) is 30.3 Å². The number of para-hydroxylation sites is 2. The second-order valence-electron chi connectivity index (χ2n) is 5.78. The van der Waals surface area contributed by atoms with Gasteiger partial charge in [-0.1, -0.05) is 30.3 Å². The molecule has 2 aromatic heterocycles. The fourth-order valence-electron chi connectivity index (χ4n) is 2.86. The van der Waals surface area contributed by atoms with Crippen LogP contribution >= 0.6 is 0 Å². The van der Waals surface area contributed by atoms with Gasteiger partial charge in [0.05, 0.1) is 11.7 Å². The molecular weight excluding hydrogens is 330 g/mol. The summed E-state index contributed by atoms with van der Waals surface area (Å²) in [4.78, 5) is 24.2. The normalized spacial score (nSPS) is 11.4. The minimum absolute atomic E-state index is 0.106. The van der Waals surface area contributed by atoms with Crippen LogP contribution in [0.25, 0.3) is 21.9 Å². The molecule has 2 aromatic carbocycles. The van der Waals surface area contributed by atoms with Crippen LogP contribution in [0.1, 0.15) is 12.5 Å². The molecule has 2 heterocycles. The van der Waals surface area contributed by atoms with E-state index in [-0.39, 0.29) is 11.3 Å². The summed E-state index contributed by atoms with van der Waals surface area (Å²) in [6, 6.07) is 16.1. The molecule has 0 aliphatic rings. The maximum absolute atomic E-state index is 12.2. The number of carbonyl (C=O) groups is 1. The summed E-state index contributed by atoms with van der Waals surface area (Å²) in [7, 11) is 0. The molecule has 1 amide bonds. The lowest BCUT2D eigenvalue weighted by Gasteiger charge is -2.20. The van der Waals surface area contributed by atoms with E-state index in [9.17, 15) is 9.59 Å². The van der Waals surface area contributed by atoms with Gasteiger partial charge in [0.1, 0.15) is 11.8 Å². The highest BCUT2D eigenvalue weighted by Gasteiger charge is 2.13. The SMILES string of the molecule is CC(=O)N(N=Cc1coc2ccccc12)n1ccc(=O)c2ccccc21. The van der Waals surface area contributed by atoms with E-state index in [2.05, 4.69) is 5.10 Å². The van der Waals surface area contributed by atoms with Gasteiger partial charge in [0.2, 0.25) is 0 Å². The third-order valence-electron chi connectivity index (χ3n) is 4.09. The summed E-state index contributed by atoms with van der Waals surface area (Å²) in [5.41, 5.74) is 2.00. The largest absolute Gasteiger partial charge is 0.464 e. The van der Waals surface area contributed by atoms with Gasteiger partial charge in [-0.05, 0) is 18.2 Å². The molecule has 0 spiro atoms. The zero-order valence-electron chi connectivity index (χ0n) is 14.0. The molecule has 4 aromatic rings. The van der Waals surface area contributed by atoms with E-state index in [0.717, 1.165) is 16.5 Å². The number of amides is 1. The lowest BCUT2D eigenvalue weighted by molar-refractivity contribution is -0.118. The van der Waals surface area contributed by atoms with E-state index in [1.54, 1.807) is 35.4 Å². The van der Waals surface area contributed by atoms with Crippen molar-refractivity contribution < 1.29 is 9.21 Å². The Bertz CT molecular complexity index is 1200. The quantitative estimate of drug-likeness (QED) is 0.423. The Morgan fingerprint density at radius 1 is 1.08 bits per heavy atom. The van der Waals surface area contributed by atoms with Crippen molar-refractivity contribution in [2.75, 3.05) is 5.12 Å². The van der Waals surface area contributed by atoms with E-state index in [4.69, 9.17) is 4.42 Å². The number of hydrogen-bond donors (Lipinski definition) is 0. The second kappa shape index (κ2) is 6.33. The van der Waals surface area contributed by atoms with Gasteiger partial charge in [-0.3, -0.25) is 9.59 Å². The number of carbonyl (C=O) groups excluding carboxylic acids is 1. The summed E-state index contributed by atoms with van der Waals surface area (Å²) >= 11 is 0. The van der Waals surface area contributed by atoms with Crippen molar-refractivity contribution in [2.45, 2.75) is 6.92 Å². The van der Waals surface area contributed by atoms with Gasteiger partial charge in [-0.25, -0.2) is 4.68 Å². The first-order valence-electron chi connectivity index (χ1n) is 8.07. The maximum atomic E-state index is 12.2. The van der Waals surface area contributed by atoms with Crippen molar-refractivity contribution in [3.8, 4) is 0 Å². The molecule has 0 aliphatic carbocycles. The molecular formula is C20H15N3O3. The Labute approximate surface area is 148 Å². The van der Waals surface area contributed by atoms with E-state index in [0.29, 0.717) is 10.9 Å². The molecule has 4 rings (SSSR count). The van der Waals surface area contributed by atoms with E-state index < -0.39 is 0 Å². The summed E-state index contributed by atoms with van der Waals surface area (Å²) in [5, 5.41) is 6.96. The minimum Gasteiger partial charge on any atom is -0.464 e. The molecule has 26 heavy (non-hydrogen) atoms. The van der Waals surface area contributed by atoms with Gasteiger partial charge < -0.3 is 4.42 Å². The first-order chi connectivity index (χ1) is 12.6. The summed E-state index contributed by atoms with van der Waals surface area (Å²) in [5.74, 6) is -0.289. The molecule has 0 atom stereocenters. The van der Waals surface area contributed by atoms with Crippen molar-refractivity contribution in [3.63, 3.8) is 0 Å². The summed E-state index contributed by atoms with van der Waals surface area (Å²) < 4.78 is 7.04. The highest BCUT2D eigenvalue weighted by molar-refractivity contribution is 5.99. The number of rotatable bonds is 3. The first kappa shape index (κ1) is 15.8. The maximum Gasteiger partial charge on any atom is 0.259 e. The summed E-state index contributed by atoms with van der Waals surface area (Å²) in [6.45, 7) is 1.41. The molecule has 6 nitrogen and oxygen atoms in total. The third-order valence-corrected chi connectivity index (χ3v) is 4.09. The standard InChI is InChI=1S/C20H15N3O3/c1-14(24)23(21-12-15-13-26-20-9-5-3-6-16(15)20)22-11-10-19(25)17-7-2-4-8-18(17)22/h2-13H,1H3. The van der Waals surface area contributed by atoms with Crippen LogP contribution in [0.5, 0.6) is 0 Å². The van der Waals surface area contributed by atoms with Crippen molar-refractivity contribution in [1.82, 2.24) is 4.68 Å². The zero-order chi connectivity index (χ0) is 18.1. The molecule has 6 heteroatoms. The molecule has 0 saturated carbocycles. The van der Waals surface area contributed by atoms with Crippen LogP contribution in [0.2, 0.25) is 0 Å². The van der Waals surface area contributed by atoms with Crippen molar-refractivity contribution >= 4 is 34.0 Å². The molecule has 0 unspecified atom stereocenters. The average molecular weight is 345 g/mol. The molecule has 0 fully saturated rings.